The number of hydrogen-bond acceptors (Lipinski definition) is 1. The molecule has 0 aromatic heterocycles. The molecule has 0 bridgehead atoms. The summed E-state index contributed by atoms with van der Waals surface area (Å²) in [5.74, 6) is 0. The largest absolute Gasteiger partial charge is 0.212 e. The van der Waals surface area contributed by atoms with Gasteiger partial charge in [-0.05, 0) is 31.3 Å². The van der Waals surface area contributed by atoms with Gasteiger partial charge in [0.2, 0.25) is 0 Å². The van der Waals surface area contributed by atoms with E-state index >= 15 is 0 Å². The molecule has 0 radical (unpaired) electrons. The van der Waals surface area contributed by atoms with E-state index in [0.717, 1.165) is 12.8 Å². The summed E-state index contributed by atoms with van der Waals surface area (Å²) in [4.78, 5) is 0. The lowest BCUT2D eigenvalue weighted by atomic mass is 10.0. The second-order valence-corrected chi connectivity index (χ2v) is 12.9. The lowest BCUT2D eigenvalue weighted by molar-refractivity contribution is 0.515. The predicted octanol–water partition coefficient (Wildman–Crippen LogP) is 13.5. The molecule has 0 saturated carbocycles. The lowest BCUT2D eigenvalue weighted by Crippen LogP contribution is -1.88. The van der Waals surface area contributed by atoms with Gasteiger partial charge in [-0.15, -0.1) is 0 Å². The van der Waals surface area contributed by atoms with Crippen molar-refractivity contribution in [1.29, 1.82) is 0 Å². The molecule has 0 aromatic rings. The fourth-order valence-electron chi connectivity index (χ4n) is 5.77. The fourth-order valence-corrected chi connectivity index (χ4v) is 6.11. The van der Waals surface area contributed by atoms with Crippen LogP contribution in [-0.4, -0.2) is 9.58 Å². The molecule has 0 rings (SSSR count). The highest BCUT2D eigenvalue weighted by Crippen LogP contribution is 2.16. The van der Waals surface area contributed by atoms with Gasteiger partial charge in [0.25, 0.3) is 0 Å². The third-order valence-electron chi connectivity index (χ3n) is 8.48. The summed E-state index contributed by atoms with van der Waals surface area (Å²) < 4.78 is 10.9. The second kappa shape index (κ2) is 35.7. The molecule has 232 valence electrons. The minimum absolute atomic E-state index is 0.625. The van der Waals surface area contributed by atoms with Gasteiger partial charge < -0.3 is 0 Å². The molecule has 0 aliphatic heterocycles. The third kappa shape index (κ3) is 33.7. The Bertz CT molecular complexity index is 534. The van der Waals surface area contributed by atoms with Gasteiger partial charge in [-0.3, -0.25) is 0 Å². The molecule has 0 N–H and O–H groups in total. The van der Waals surface area contributed by atoms with Crippen molar-refractivity contribution < 1.29 is 4.21 Å². The van der Waals surface area contributed by atoms with Gasteiger partial charge in [0.15, 0.2) is 0 Å². The van der Waals surface area contributed by atoms with Crippen LogP contribution in [0.3, 0.4) is 0 Å². The first-order valence-electron chi connectivity index (χ1n) is 18.2. The highest BCUT2D eigenvalue weighted by atomic mass is 32.1. The maximum Gasteiger partial charge on any atom is 0.0888 e. The van der Waals surface area contributed by atoms with Crippen LogP contribution in [-0.2, 0) is 11.3 Å². The van der Waals surface area contributed by atoms with Gasteiger partial charge in [-0.2, -0.15) is 0 Å². The molecule has 0 amide bonds. The maximum atomic E-state index is 10.9. The first-order valence-corrected chi connectivity index (χ1v) is 19.0. The van der Waals surface area contributed by atoms with Crippen molar-refractivity contribution in [1.82, 2.24) is 0 Å². The molecule has 0 aliphatic carbocycles. The monoisotopic (exact) mass is 565 g/mol. The van der Waals surface area contributed by atoms with Gasteiger partial charge in [0.05, 0.1) is 11.3 Å². The average Bonchev–Trinajstić information content (AvgIpc) is 2.94. The number of rotatable bonds is 33. The van der Waals surface area contributed by atoms with Gasteiger partial charge >= 0.3 is 0 Å². The Morgan fingerprint density at radius 1 is 0.410 bits per heavy atom. The van der Waals surface area contributed by atoms with E-state index < -0.39 is 0 Å². The molecule has 0 aliphatic rings. The second-order valence-electron chi connectivity index (χ2n) is 12.4. The summed E-state index contributed by atoms with van der Waals surface area (Å²) in [5, 5.41) is 1.83. The molecular formula is C37H72OS. The van der Waals surface area contributed by atoms with Crippen LogP contribution in [0.5, 0.6) is 0 Å². The topological polar surface area (TPSA) is 17.1 Å². The van der Waals surface area contributed by atoms with E-state index in [2.05, 4.69) is 19.9 Å². The Morgan fingerprint density at radius 2 is 0.692 bits per heavy atom. The van der Waals surface area contributed by atoms with Crippen LogP contribution in [0.2, 0.25) is 0 Å². The maximum absolute atomic E-state index is 10.9. The van der Waals surface area contributed by atoms with Crippen LogP contribution in [0.15, 0.2) is 11.6 Å². The molecule has 0 fully saturated rings. The Kier molecular flexibility index (Phi) is 35.3. The molecule has 0 heterocycles. The van der Waals surface area contributed by atoms with E-state index in [1.54, 1.807) is 0 Å². The van der Waals surface area contributed by atoms with Crippen LogP contribution in [0, 0.1) is 0 Å². The van der Waals surface area contributed by atoms with Crippen molar-refractivity contribution in [2.24, 2.45) is 0 Å². The van der Waals surface area contributed by atoms with Crippen LogP contribution in [0.1, 0.15) is 219 Å². The van der Waals surface area contributed by atoms with Gasteiger partial charge in [-0.25, -0.2) is 4.21 Å². The zero-order valence-corrected chi connectivity index (χ0v) is 27.9. The Hall–Kier alpha value is -0.370. The summed E-state index contributed by atoms with van der Waals surface area (Å²) in [5.41, 5.74) is 1.28. The smallest absolute Gasteiger partial charge is 0.0888 e. The van der Waals surface area contributed by atoms with Gasteiger partial charge in [0.1, 0.15) is 0 Å². The highest BCUT2D eigenvalue weighted by molar-refractivity contribution is 7.65. The quantitative estimate of drug-likeness (QED) is 0.0440. The molecule has 0 unspecified atom stereocenters. The summed E-state index contributed by atoms with van der Waals surface area (Å²) >= 11 is 0.625. The first-order chi connectivity index (χ1) is 19.3. The van der Waals surface area contributed by atoms with Crippen molar-refractivity contribution in [3.63, 3.8) is 0 Å². The predicted molar refractivity (Wildman–Crippen MR) is 181 cm³/mol. The SMILES string of the molecule is CCCCCCCCCCCCCCCCCCCCCCCCCCCCC=C(C=S=O)CCCCCC. The summed E-state index contributed by atoms with van der Waals surface area (Å²) in [7, 11) is 0. The molecule has 0 atom stereocenters. The number of unbranched alkanes of at least 4 members (excludes halogenated alkanes) is 29. The van der Waals surface area contributed by atoms with E-state index in [1.165, 1.54) is 198 Å². The number of allylic oxidation sites excluding steroid dienone is 2. The van der Waals surface area contributed by atoms with E-state index in [0.29, 0.717) is 11.3 Å². The summed E-state index contributed by atoms with van der Waals surface area (Å²) in [6.07, 6.45) is 47.3. The molecule has 0 aromatic carbocycles. The molecule has 1 nitrogen and oxygen atoms in total. The zero-order valence-electron chi connectivity index (χ0n) is 27.1. The Balaban J connectivity index is 3.24. The highest BCUT2D eigenvalue weighted by Gasteiger charge is 1.98. The Morgan fingerprint density at radius 3 is 1.00 bits per heavy atom. The lowest BCUT2D eigenvalue weighted by Gasteiger charge is -2.04. The number of hydrogen-bond donors (Lipinski definition) is 0. The van der Waals surface area contributed by atoms with Crippen molar-refractivity contribution >= 4 is 16.6 Å². The van der Waals surface area contributed by atoms with Crippen molar-refractivity contribution in [3.8, 4) is 0 Å². The third-order valence-corrected chi connectivity index (χ3v) is 8.88. The van der Waals surface area contributed by atoms with Crippen LogP contribution in [0.25, 0.3) is 0 Å². The minimum Gasteiger partial charge on any atom is -0.212 e. The minimum atomic E-state index is 0.625. The molecule has 0 spiro atoms. The Labute approximate surface area is 251 Å². The molecule has 0 saturated heterocycles. The first kappa shape index (κ1) is 38.6. The van der Waals surface area contributed by atoms with E-state index in [-0.39, 0.29) is 0 Å². The summed E-state index contributed by atoms with van der Waals surface area (Å²) in [6.45, 7) is 4.55. The zero-order chi connectivity index (χ0) is 28.3. The van der Waals surface area contributed by atoms with Crippen LogP contribution < -0.4 is 0 Å². The van der Waals surface area contributed by atoms with E-state index in [1.807, 2.05) is 5.37 Å². The van der Waals surface area contributed by atoms with Crippen LogP contribution in [0.4, 0.5) is 0 Å². The molecular weight excluding hydrogens is 492 g/mol. The fraction of sp³-hybridized carbons (Fsp3) is 0.919. The molecule has 2 heteroatoms. The van der Waals surface area contributed by atoms with Crippen molar-refractivity contribution in [2.75, 3.05) is 0 Å². The van der Waals surface area contributed by atoms with E-state index in [9.17, 15) is 4.21 Å². The van der Waals surface area contributed by atoms with Crippen molar-refractivity contribution in [3.05, 3.63) is 11.6 Å². The summed E-state index contributed by atoms with van der Waals surface area (Å²) in [6, 6.07) is 0. The molecule has 39 heavy (non-hydrogen) atoms. The van der Waals surface area contributed by atoms with Gasteiger partial charge in [-0.1, -0.05) is 200 Å². The van der Waals surface area contributed by atoms with Crippen molar-refractivity contribution in [2.45, 2.75) is 219 Å². The van der Waals surface area contributed by atoms with Crippen LogP contribution >= 0.6 is 0 Å². The van der Waals surface area contributed by atoms with Gasteiger partial charge in [0, 0.05) is 5.37 Å². The standard InChI is InChI=1S/C37H72OS/c1-3-5-7-9-10-11-12-13-14-15-16-17-18-19-20-21-22-23-24-25-26-27-28-29-30-31-33-35-37(36-39-38)34-32-8-6-4-2/h35-36H,3-34H2,1-2H3. The normalized spacial score (nSPS) is 11.8. The average molecular weight is 565 g/mol. The van der Waals surface area contributed by atoms with E-state index in [4.69, 9.17) is 0 Å².